The largest absolute Gasteiger partial charge is 0.468 e. The molecule has 30 heavy (non-hydrogen) atoms. The summed E-state index contributed by atoms with van der Waals surface area (Å²) in [7, 11) is 1.43. The van der Waals surface area contributed by atoms with Crippen molar-refractivity contribution in [2.75, 3.05) is 13.7 Å². The number of carbonyl (C=O) groups is 2. The van der Waals surface area contributed by atoms with Crippen LogP contribution in [-0.2, 0) is 19.9 Å². The number of aliphatic hydroxyl groups is 1. The molecule has 0 radical (unpaired) electrons. The van der Waals surface area contributed by atoms with E-state index in [1.165, 1.54) is 7.11 Å². The molecule has 6 heteroatoms. The maximum atomic E-state index is 13.6. The summed E-state index contributed by atoms with van der Waals surface area (Å²) in [6.07, 6.45) is 3.51. The second kappa shape index (κ2) is 6.72. The number of ether oxygens (including phenoxy) is 1. The second-order valence-electron chi connectivity index (χ2n) is 9.58. The van der Waals surface area contributed by atoms with Crippen molar-refractivity contribution in [3.05, 3.63) is 29.8 Å². The Morgan fingerprint density at radius 1 is 1.33 bits per heavy atom. The number of para-hydroxylation sites is 1. The van der Waals surface area contributed by atoms with Crippen LogP contribution in [0.15, 0.2) is 29.3 Å². The van der Waals surface area contributed by atoms with Gasteiger partial charge in [-0.2, -0.15) is 0 Å². The molecular weight excluding hydrogens is 380 g/mol. The van der Waals surface area contributed by atoms with Gasteiger partial charge in [0.05, 0.1) is 18.5 Å². The number of hydrogen-bond donors (Lipinski definition) is 1. The molecule has 0 amide bonds. The molecule has 0 spiro atoms. The average molecular weight is 411 g/mol. The van der Waals surface area contributed by atoms with Gasteiger partial charge in [0.2, 0.25) is 0 Å². The predicted molar refractivity (Wildman–Crippen MR) is 113 cm³/mol. The van der Waals surface area contributed by atoms with Crippen molar-refractivity contribution in [1.29, 1.82) is 0 Å². The van der Waals surface area contributed by atoms with Crippen molar-refractivity contribution >= 4 is 23.2 Å². The second-order valence-corrected chi connectivity index (χ2v) is 9.58. The van der Waals surface area contributed by atoms with Crippen LogP contribution in [0.1, 0.15) is 51.5 Å². The smallest absolute Gasteiger partial charge is 0.319 e. The number of carbonyl (C=O) groups excluding carboxylic acids is 2. The lowest BCUT2D eigenvalue weighted by Crippen LogP contribution is -2.71. The van der Waals surface area contributed by atoms with Crippen molar-refractivity contribution in [2.45, 2.75) is 63.6 Å². The quantitative estimate of drug-likeness (QED) is 0.772. The highest BCUT2D eigenvalue weighted by Gasteiger charge is 2.70. The number of rotatable bonds is 4. The normalized spacial score (nSPS) is 40.8. The van der Waals surface area contributed by atoms with Crippen LogP contribution in [-0.4, -0.2) is 53.2 Å². The Kier molecular flexibility index (Phi) is 4.46. The van der Waals surface area contributed by atoms with E-state index in [9.17, 15) is 14.7 Å². The van der Waals surface area contributed by atoms with Gasteiger partial charge < -0.3 is 9.84 Å². The number of piperidine rings is 2. The van der Waals surface area contributed by atoms with Gasteiger partial charge in [0.15, 0.2) is 0 Å². The highest BCUT2D eigenvalue weighted by molar-refractivity contribution is 6.15. The van der Waals surface area contributed by atoms with E-state index in [2.05, 4.69) is 11.8 Å². The minimum absolute atomic E-state index is 0.105. The van der Waals surface area contributed by atoms with Gasteiger partial charge in [-0.3, -0.25) is 19.5 Å². The van der Waals surface area contributed by atoms with Crippen LogP contribution in [0.2, 0.25) is 0 Å². The molecule has 1 aromatic rings. The van der Waals surface area contributed by atoms with E-state index in [0.717, 1.165) is 24.1 Å². The Hall–Kier alpha value is -2.05. The van der Waals surface area contributed by atoms with Crippen molar-refractivity contribution in [1.82, 2.24) is 4.90 Å². The molecule has 0 aromatic heterocycles. The number of Topliss-reactive ketones (excluding diaryl/α,β-unsaturated/α-hetero) is 1. The fourth-order valence-electron chi connectivity index (χ4n) is 7.13. The molecule has 1 N–H and O–H groups in total. The number of aliphatic imine (C=N–C) groups is 1. The molecule has 2 unspecified atom stereocenters. The van der Waals surface area contributed by atoms with E-state index in [-0.39, 0.29) is 29.8 Å². The van der Waals surface area contributed by atoms with Gasteiger partial charge in [-0.05, 0) is 44.1 Å². The molecule has 6 nitrogen and oxygen atoms in total. The molecule has 5 aliphatic rings. The Balaban J connectivity index is 1.73. The van der Waals surface area contributed by atoms with Crippen molar-refractivity contribution in [2.24, 2.45) is 22.2 Å². The molecule has 6 rings (SSSR count). The summed E-state index contributed by atoms with van der Waals surface area (Å²) in [6, 6.07) is 7.67. The van der Waals surface area contributed by atoms with Gasteiger partial charge in [0, 0.05) is 30.6 Å². The summed E-state index contributed by atoms with van der Waals surface area (Å²) in [5.74, 6) is 0.389. The lowest BCUT2D eigenvalue weighted by atomic mass is 9.52. The number of esters is 1. The van der Waals surface area contributed by atoms with Gasteiger partial charge in [0.1, 0.15) is 16.8 Å². The molecule has 3 saturated heterocycles. The third-order valence-corrected chi connectivity index (χ3v) is 8.17. The molecule has 4 heterocycles. The van der Waals surface area contributed by atoms with E-state index in [1.807, 2.05) is 24.3 Å². The topological polar surface area (TPSA) is 79.2 Å². The van der Waals surface area contributed by atoms with Crippen molar-refractivity contribution in [3.8, 4) is 0 Å². The fourth-order valence-corrected chi connectivity index (χ4v) is 7.13. The van der Waals surface area contributed by atoms with Crippen LogP contribution in [0.4, 0.5) is 5.69 Å². The fraction of sp³-hybridized carbons (Fsp3) is 0.625. The maximum Gasteiger partial charge on any atom is 0.319 e. The van der Waals surface area contributed by atoms with Crippen LogP contribution in [0.5, 0.6) is 0 Å². The SMILES string of the molecule is CCC1C[C@@H]2C[C@@]3(C(=O)OC)C4=Nc5ccccc5[C@@]4(O)CCN([C@@H]13)[C@H]2CC(C)=O. The summed E-state index contributed by atoms with van der Waals surface area (Å²) < 4.78 is 5.41. The van der Waals surface area contributed by atoms with Gasteiger partial charge in [-0.25, -0.2) is 0 Å². The zero-order valence-corrected chi connectivity index (χ0v) is 17.9. The van der Waals surface area contributed by atoms with E-state index >= 15 is 0 Å². The Bertz CT molecular complexity index is 943. The highest BCUT2D eigenvalue weighted by Crippen LogP contribution is 2.61. The minimum Gasteiger partial charge on any atom is -0.468 e. The summed E-state index contributed by atoms with van der Waals surface area (Å²) in [4.78, 5) is 32.9. The van der Waals surface area contributed by atoms with Crippen LogP contribution >= 0.6 is 0 Å². The van der Waals surface area contributed by atoms with Gasteiger partial charge in [-0.1, -0.05) is 31.5 Å². The summed E-state index contributed by atoms with van der Waals surface area (Å²) in [5, 5.41) is 12.0. The average Bonchev–Trinajstić information content (AvgIpc) is 3.00. The van der Waals surface area contributed by atoms with Crippen LogP contribution in [0.25, 0.3) is 0 Å². The van der Waals surface area contributed by atoms with Crippen LogP contribution in [0, 0.1) is 17.3 Å². The Morgan fingerprint density at radius 3 is 2.80 bits per heavy atom. The molecule has 1 saturated carbocycles. The standard InChI is InChI=1S/C24H30N2O4/c1-4-15-12-16-13-23(22(28)30-3)20(15)26(19(16)11-14(2)27)10-9-24(29)17-7-5-6-8-18(17)25-21(23)24/h5-8,15-16,19-20,29H,4,9-13H2,1-3H3/t15?,16-,19+,20+,23+,24+/m1/s1. The molecule has 4 bridgehead atoms. The summed E-state index contributed by atoms with van der Waals surface area (Å²) >= 11 is 0. The molecule has 1 aromatic carbocycles. The Morgan fingerprint density at radius 2 is 2.10 bits per heavy atom. The highest BCUT2D eigenvalue weighted by atomic mass is 16.5. The van der Waals surface area contributed by atoms with Crippen molar-refractivity contribution in [3.63, 3.8) is 0 Å². The van der Waals surface area contributed by atoms with Gasteiger partial charge in [0.25, 0.3) is 0 Å². The minimum atomic E-state index is -1.27. The molecule has 1 aliphatic carbocycles. The first kappa shape index (κ1) is 19.9. The lowest BCUT2D eigenvalue weighted by molar-refractivity contribution is -0.171. The number of ketones is 1. The third kappa shape index (κ3) is 2.41. The van der Waals surface area contributed by atoms with Crippen molar-refractivity contribution < 1.29 is 19.4 Å². The van der Waals surface area contributed by atoms with E-state index in [0.29, 0.717) is 37.4 Å². The third-order valence-electron chi connectivity index (χ3n) is 8.17. The van der Waals surface area contributed by atoms with Crippen LogP contribution in [0.3, 0.4) is 0 Å². The summed E-state index contributed by atoms with van der Waals surface area (Å²) in [5.41, 5.74) is -0.149. The number of fused-ring (bicyclic) bond motifs is 4. The molecule has 4 aliphatic heterocycles. The first-order valence-corrected chi connectivity index (χ1v) is 11.1. The van der Waals surface area contributed by atoms with Gasteiger partial charge >= 0.3 is 5.97 Å². The van der Waals surface area contributed by atoms with E-state index < -0.39 is 11.0 Å². The zero-order valence-electron chi connectivity index (χ0n) is 17.9. The lowest BCUT2D eigenvalue weighted by Gasteiger charge is -2.61. The van der Waals surface area contributed by atoms with E-state index in [4.69, 9.17) is 9.73 Å². The molecular formula is C24H30N2O4. The molecule has 7 atom stereocenters. The first-order chi connectivity index (χ1) is 14.4. The maximum absolute atomic E-state index is 13.6. The van der Waals surface area contributed by atoms with E-state index in [1.54, 1.807) is 6.92 Å². The van der Waals surface area contributed by atoms with Crippen LogP contribution < -0.4 is 0 Å². The first-order valence-electron chi connectivity index (χ1n) is 11.1. The number of nitrogens with zero attached hydrogens (tertiary/aromatic N) is 2. The Labute approximate surface area is 177 Å². The number of hydrogen-bond acceptors (Lipinski definition) is 6. The molecule has 4 fully saturated rings. The zero-order chi connectivity index (χ0) is 21.3. The molecule has 160 valence electrons. The number of methoxy groups -OCH3 is 1. The number of benzene rings is 1. The predicted octanol–water partition coefficient (Wildman–Crippen LogP) is 2.99. The van der Waals surface area contributed by atoms with Gasteiger partial charge in [-0.15, -0.1) is 0 Å². The monoisotopic (exact) mass is 410 g/mol. The summed E-state index contributed by atoms with van der Waals surface area (Å²) in [6.45, 7) is 4.45.